The molecule has 0 saturated heterocycles. The van der Waals surface area contributed by atoms with Crippen LogP contribution in [0, 0.1) is 6.92 Å². The van der Waals surface area contributed by atoms with Crippen LogP contribution in [0.15, 0.2) is 59.8 Å². The summed E-state index contributed by atoms with van der Waals surface area (Å²) in [6, 6.07) is 18.6. The third kappa shape index (κ3) is 6.19. The number of benzene rings is 2. The van der Waals surface area contributed by atoms with Gasteiger partial charge in [0.25, 0.3) is 0 Å². The maximum Gasteiger partial charge on any atom is 0.230 e. The van der Waals surface area contributed by atoms with Gasteiger partial charge in [-0.2, -0.15) is 0 Å². The Morgan fingerprint density at radius 2 is 1.93 bits per heavy atom. The molecular formula is C23H28N4OS. The molecule has 5 nitrogen and oxygen atoms in total. The topological polar surface area (TPSA) is 59.8 Å². The van der Waals surface area contributed by atoms with Crippen LogP contribution in [0.5, 0.6) is 0 Å². The fourth-order valence-electron chi connectivity index (χ4n) is 3.16. The molecule has 152 valence electrons. The van der Waals surface area contributed by atoms with Crippen molar-refractivity contribution in [2.75, 3.05) is 12.3 Å². The number of nitrogens with zero attached hydrogens (tertiary/aromatic N) is 3. The number of carbonyl (C=O) groups is 1. The number of amides is 1. The van der Waals surface area contributed by atoms with Crippen LogP contribution in [0.25, 0.3) is 11.4 Å². The summed E-state index contributed by atoms with van der Waals surface area (Å²) < 4.78 is 2.11. The predicted molar refractivity (Wildman–Crippen MR) is 119 cm³/mol. The van der Waals surface area contributed by atoms with E-state index in [1.807, 2.05) is 24.3 Å². The van der Waals surface area contributed by atoms with Gasteiger partial charge in [0.15, 0.2) is 11.0 Å². The van der Waals surface area contributed by atoms with E-state index in [0.29, 0.717) is 12.3 Å². The molecule has 2 aromatic carbocycles. The van der Waals surface area contributed by atoms with E-state index in [-0.39, 0.29) is 5.91 Å². The highest BCUT2D eigenvalue weighted by molar-refractivity contribution is 7.99. The van der Waals surface area contributed by atoms with E-state index >= 15 is 0 Å². The number of hydrogen-bond acceptors (Lipinski definition) is 4. The number of rotatable bonds is 10. The molecule has 1 amide bonds. The lowest BCUT2D eigenvalue weighted by Crippen LogP contribution is -2.26. The SMILES string of the molecule is CCCn1c(SCC(=O)NCCCc2ccccc2)nnc1-c1cccc(C)c1. The minimum atomic E-state index is 0.0335. The minimum Gasteiger partial charge on any atom is -0.355 e. The van der Waals surface area contributed by atoms with Crippen LogP contribution >= 0.6 is 11.8 Å². The zero-order chi connectivity index (χ0) is 20.5. The van der Waals surface area contributed by atoms with Crippen molar-refractivity contribution in [3.05, 3.63) is 65.7 Å². The molecule has 29 heavy (non-hydrogen) atoms. The lowest BCUT2D eigenvalue weighted by atomic mass is 10.1. The molecule has 1 heterocycles. The van der Waals surface area contributed by atoms with E-state index in [2.05, 4.69) is 64.3 Å². The summed E-state index contributed by atoms with van der Waals surface area (Å²) in [7, 11) is 0. The number of aromatic nitrogens is 3. The first-order valence-electron chi connectivity index (χ1n) is 10.1. The van der Waals surface area contributed by atoms with Crippen molar-refractivity contribution >= 4 is 17.7 Å². The third-order valence-corrected chi connectivity index (χ3v) is 5.55. The van der Waals surface area contributed by atoms with Gasteiger partial charge in [0.05, 0.1) is 5.75 Å². The van der Waals surface area contributed by atoms with Gasteiger partial charge < -0.3 is 9.88 Å². The second kappa shape index (κ2) is 10.8. The molecule has 1 aromatic heterocycles. The molecular weight excluding hydrogens is 380 g/mol. The van der Waals surface area contributed by atoms with Crippen molar-refractivity contribution in [2.45, 2.75) is 44.8 Å². The Morgan fingerprint density at radius 3 is 2.69 bits per heavy atom. The second-order valence-corrected chi connectivity index (χ2v) is 8.00. The van der Waals surface area contributed by atoms with Gasteiger partial charge in [0, 0.05) is 18.7 Å². The standard InChI is InChI=1S/C23H28N4OS/c1-3-15-27-22(20-13-7-9-18(2)16-20)25-26-23(27)29-17-21(28)24-14-8-12-19-10-5-4-6-11-19/h4-7,9-11,13,16H,3,8,12,14-15,17H2,1-2H3,(H,24,28). The van der Waals surface area contributed by atoms with Crippen molar-refractivity contribution in [2.24, 2.45) is 0 Å². The van der Waals surface area contributed by atoms with Crippen molar-refractivity contribution in [1.82, 2.24) is 20.1 Å². The molecule has 0 unspecified atom stereocenters. The Labute approximate surface area is 176 Å². The highest BCUT2D eigenvalue weighted by Crippen LogP contribution is 2.25. The first-order chi connectivity index (χ1) is 14.2. The van der Waals surface area contributed by atoms with Gasteiger partial charge in [-0.1, -0.05) is 72.8 Å². The van der Waals surface area contributed by atoms with E-state index < -0.39 is 0 Å². The number of nitrogens with one attached hydrogen (secondary N) is 1. The van der Waals surface area contributed by atoms with Gasteiger partial charge in [0.1, 0.15) is 0 Å². The fourth-order valence-corrected chi connectivity index (χ4v) is 3.96. The number of aryl methyl sites for hydroxylation is 2. The largest absolute Gasteiger partial charge is 0.355 e. The summed E-state index contributed by atoms with van der Waals surface area (Å²) in [5.74, 6) is 1.24. The van der Waals surface area contributed by atoms with Gasteiger partial charge in [-0.25, -0.2) is 0 Å². The third-order valence-electron chi connectivity index (χ3n) is 4.58. The van der Waals surface area contributed by atoms with Crippen molar-refractivity contribution in [3.8, 4) is 11.4 Å². The molecule has 0 bridgehead atoms. The molecule has 6 heteroatoms. The van der Waals surface area contributed by atoms with Gasteiger partial charge in [-0.3, -0.25) is 4.79 Å². The predicted octanol–water partition coefficient (Wildman–Crippen LogP) is 4.50. The van der Waals surface area contributed by atoms with Crippen LogP contribution in [0.2, 0.25) is 0 Å². The average Bonchev–Trinajstić information content (AvgIpc) is 3.13. The van der Waals surface area contributed by atoms with Crippen LogP contribution in [0.3, 0.4) is 0 Å². The molecule has 0 atom stereocenters. The van der Waals surface area contributed by atoms with E-state index in [0.717, 1.165) is 42.4 Å². The summed E-state index contributed by atoms with van der Waals surface area (Å²) >= 11 is 1.45. The molecule has 0 spiro atoms. The lowest BCUT2D eigenvalue weighted by molar-refractivity contribution is -0.118. The van der Waals surface area contributed by atoms with Crippen molar-refractivity contribution < 1.29 is 4.79 Å². The highest BCUT2D eigenvalue weighted by atomic mass is 32.2. The van der Waals surface area contributed by atoms with Gasteiger partial charge in [-0.05, 0) is 37.8 Å². The Hall–Kier alpha value is -2.60. The van der Waals surface area contributed by atoms with Gasteiger partial charge in [0.2, 0.25) is 5.91 Å². The minimum absolute atomic E-state index is 0.0335. The molecule has 0 aliphatic heterocycles. The van der Waals surface area contributed by atoms with E-state index in [1.54, 1.807) is 0 Å². The molecule has 0 aliphatic carbocycles. The van der Waals surface area contributed by atoms with Crippen molar-refractivity contribution in [1.29, 1.82) is 0 Å². The van der Waals surface area contributed by atoms with E-state index in [4.69, 9.17) is 0 Å². The molecule has 0 fully saturated rings. The first-order valence-corrected chi connectivity index (χ1v) is 11.1. The summed E-state index contributed by atoms with van der Waals surface area (Å²) in [5, 5.41) is 12.5. The van der Waals surface area contributed by atoms with Gasteiger partial charge in [-0.15, -0.1) is 10.2 Å². The molecule has 3 aromatic rings. The fraction of sp³-hybridized carbons (Fsp3) is 0.348. The van der Waals surface area contributed by atoms with Crippen LogP contribution < -0.4 is 5.32 Å². The molecule has 0 radical (unpaired) electrons. The molecule has 0 aliphatic rings. The van der Waals surface area contributed by atoms with Crippen LogP contribution in [-0.2, 0) is 17.8 Å². The Morgan fingerprint density at radius 1 is 1.10 bits per heavy atom. The highest BCUT2D eigenvalue weighted by Gasteiger charge is 2.15. The van der Waals surface area contributed by atoms with Crippen LogP contribution in [0.1, 0.15) is 30.9 Å². The quantitative estimate of drug-likeness (QED) is 0.396. The van der Waals surface area contributed by atoms with E-state index in [9.17, 15) is 4.79 Å². The summed E-state index contributed by atoms with van der Waals surface area (Å²) in [5.41, 5.74) is 3.55. The Kier molecular flexibility index (Phi) is 7.87. The number of carbonyl (C=O) groups excluding carboxylic acids is 1. The molecule has 0 saturated carbocycles. The maximum atomic E-state index is 12.2. The zero-order valence-electron chi connectivity index (χ0n) is 17.1. The monoisotopic (exact) mass is 408 g/mol. The zero-order valence-corrected chi connectivity index (χ0v) is 17.9. The molecule has 1 N–H and O–H groups in total. The first kappa shape index (κ1) is 21.1. The Balaban J connectivity index is 1.52. The normalized spacial score (nSPS) is 10.8. The summed E-state index contributed by atoms with van der Waals surface area (Å²) in [6.45, 7) is 5.72. The van der Waals surface area contributed by atoms with Crippen molar-refractivity contribution in [3.63, 3.8) is 0 Å². The van der Waals surface area contributed by atoms with E-state index in [1.165, 1.54) is 22.9 Å². The second-order valence-electron chi connectivity index (χ2n) is 7.06. The lowest BCUT2D eigenvalue weighted by Gasteiger charge is -2.09. The summed E-state index contributed by atoms with van der Waals surface area (Å²) in [6.07, 6.45) is 2.89. The van der Waals surface area contributed by atoms with Crippen LogP contribution in [0.4, 0.5) is 0 Å². The van der Waals surface area contributed by atoms with Gasteiger partial charge >= 0.3 is 0 Å². The number of hydrogen-bond donors (Lipinski definition) is 1. The maximum absolute atomic E-state index is 12.2. The summed E-state index contributed by atoms with van der Waals surface area (Å²) in [4.78, 5) is 12.2. The molecule has 3 rings (SSSR count). The van der Waals surface area contributed by atoms with Crippen LogP contribution in [-0.4, -0.2) is 33.0 Å². The smallest absolute Gasteiger partial charge is 0.230 e. The average molecular weight is 409 g/mol. The Bertz CT molecular complexity index is 924. The number of thioether (sulfide) groups is 1.